The van der Waals surface area contributed by atoms with Crippen LogP contribution in [-0.4, -0.2) is 11.8 Å². The summed E-state index contributed by atoms with van der Waals surface area (Å²) in [6.45, 7) is 8.24. The molecule has 0 atom stereocenters. The van der Waals surface area contributed by atoms with E-state index in [0.29, 0.717) is 18.8 Å². The fraction of sp³-hybridized carbons (Fsp3) is 0.364. The summed E-state index contributed by atoms with van der Waals surface area (Å²) in [5.74, 6) is -0.00596. The summed E-state index contributed by atoms with van der Waals surface area (Å²) < 4.78 is 0. The van der Waals surface area contributed by atoms with Gasteiger partial charge in [0.1, 0.15) is 5.41 Å². The SMILES string of the molecule is Cc1cc(C)cc(NC(=O)C2(C(=O)Nc3ccc(C(C)C)cc3)CC2)c1. The minimum Gasteiger partial charge on any atom is -0.325 e. The summed E-state index contributed by atoms with van der Waals surface area (Å²) >= 11 is 0. The van der Waals surface area contributed by atoms with Crippen LogP contribution in [0.1, 0.15) is 49.3 Å². The van der Waals surface area contributed by atoms with Crippen molar-refractivity contribution in [2.75, 3.05) is 10.6 Å². The van der Waals surface area contributed by atoms with Gasteiger partial charge in [-0.2, -0.15) is 0 Å². The monoisotopic (exact) mass is 350 g/mol. The first-order valence-electron chi connectivity index (χ1n) is 9.11. The lowest BCUT2D eigenvalue weighted by Gasteiger charge is -2.16. The Morgan fingerprint density at radius 1 is 0.846 bits per heavy atom. The molecular formula is C22H26N2O2. The lowest BCUT2D eigenvalue weighted by atomic mass is 10.0. The average molecular weight is 350 g/mol. The van der Waals surface area contributed by atoms with Crippen LogP contribution in [0.25, 0.3) is 0 Å². The van der Waals surface area contributed by atoms with E-state index >= 15 is 0 Å². The molecule has 0 unspecified atom stereocenters. The van der Waals surface area contributed by atoms with Gasteiger partial charge < -0.3 is 10.6 Å². The summed E-state index contributed by atoms with van der Waals surface area (Å²) in [6.07, 6.45) is 1.17. The van der Waals surface area contributed by atoms with Crippen molar-refractivity contribution < 1.29 is 9.59 Å². The third-order valence-corrected chi connectivity index (χ3v) is 4.93. The maximum Gasteiger partial charge on any atom is 0.240 e. The van der Waals surface area contributed by atoms with Gasteiger partial charge in [-0.25, -0.2) is 0 Å². The van der Waals surface area contributed by atoms with Crippen molar-refractivity contribution in [1.82, 2.24) is 0 Å². The highest BCUT2D eigenvalue weighted by Gasteiger charge is 2.56. The molecule has 1 aliphatic rings. The molecule has 0 radical (unpaired) electrons. The summed E-state index contributed by atoms with van der Waals surface area (Å²) in [5, 5.41) is 5.82. The molecule has 1 fully saturated rings. The molecule has 0 bridgehead atoms. The molecule has 0 aliphatic heterocycles. The maximum absolute atomic E-state index is 12.7. The fourth-order valence-corrected chi connectivity index (χ4v) is 3.18. The molecule has 0 aromatic heterocycles. The van der Waals surface area contributed by atoms with E-state index in [0.717, 1.165) is 22.5 Å². The first-order chi connectivity index (χ1) is 12.3. The van der Waals surface area contributed by atoms with Crippen LogP contribution >= 0.6 is 0 Å². The largest absolute Gasteiger partial charge is 0.325 e. The second-order valence-corrected chi connectivity index (χ2v) is 7.64. The van der Waals surface area contributed by atoms with E-state index in [2.05, 4.69) is 30.5 Å². The molecule has 136 valence electrons. The third kappa shape index (κ3) is 3.79. The summed E-state index contributed by atoms with van der Waals surface area (Å²) in [4.78, 5) is 25.4. The number of carbonyl (C=O) groups excluding carboxylic acids is 2. The van der Waals surface area contributed by atoms with Crippen molar-refractivity contribution in [1.29, 1.82) is 0 Å². The van der Waals surface area contributed by atoms with Crippen molar-refractivity contribution in [3.63, 3.8) is 0 Å². The number of carbonyl (C=O) groups is 2. The second-order valence-electron chi connectivity index (χ2n) is 7.64. The lowest BCUT2D eigenvalue weighted by molar-refractivity contribution is -0.131. The molecule has 2 N–H and O–H groups in total. The number of anilines is 2. The van der Waals surface area contributed by atoms with Crippen LogP contribution in [0.3, 0.4) is 0 Å². The Hall–Kier alpha value is -2.62. The highest BCUT2D eigenvalue weighted by Crippen LogP contribution is 2.47. The zero-order valence-corrected chi connectivity index (χ0v) is 15.8. The van der Waals surface area contributed by atoms with Crippen LogP contribution in [0.5, 0.6) is 0 Å². The number of benzene rings is 2. The van der Waals surface area contributed by atoms with E-state index in [1.54, 1.807) is 0 Å². The zero-order valence-electron chi connectivity index (χ0n) is 15.8. The highest BCUT2D eigenvalue weighted by atomic mass is 16.2. The molecule has 2 aromatic rings. The van der Waals surface area contributed by atoms with Gasteiger partial charge in [0.25, 0.3) is 0 Å². The Kier molecular flexibility index (Phi) is 4.86. The summed E-state index contributed by atoms with van der Waals surface area (Å²) in [5.41, 5.74) is 3.91. The summed E-state index contributed by atoms with van der Waals surface area (Å²) in [6, 6.07) is 13.7. The van der Waals surface area contributed by atoms with Crippen LogP contribution in [0.2, 0.25) is 0 Å². The second kappa shape index (κ2) is 6.94. The molecule has 1 aliphatic carbocycles. The van der Waals surface area contributed by atoms with E-state index in [1.807, 2.05) is 50.2 Å². The smallest absolute Gasteiger partial charge is 0.240 e. The average Bonchev–Trinajstić information content (AvgIpc) is 3.36. The van der Waals surface area contributed by atoms with E-state index in [9.17, 15) is 9.59 Å². The molecule has 26 heavy (non-hydrogen) atoms. The van der Waals surface area contributed by atoms with E-state index in [1.165, 1.54) is 5.56 Å². The molecule has 4 heteroatoms. The van der Waals surface area contributed by atoms with Crippen LogP contribution in [0.15, 0.2) is 42.5 Å². The summed E-state index contributed by atoms with van der Waals surface area (Å²) in [7, 11) is 0. The number of hydrogen-bond donors (Lipinski definition) is 2. The Bertz CT molecular complexity index is 813. The molecule has 0 spiro atoms. The van der Waals surface area contributed by atoms with Crippen molar-refractivity contribution >= 4 is 23.2 Å². The maximum atomic E-state index is 12.7. The quantitative estimate of drug-likeness (QED) is 0.762. The van der Waals surface area contributed by atoms with Crippen molar-refractivity contribution in [2.24, 2.45) is 5.41 Å². The topological polar surface area (TPSA) is 58.2 Å². The normalized spacial score (nSPS) is 14.8. The van der Waals surface area contributed by atoms with Crippen molar-refractivity contribution in [3.05, 3.63) is 59.2 Å². The third-order valence-electron chi connectivity index (χ3n) is 4.93. The molecule has 2 amide bonds. The Morgan fingerprint density at radius 3 is 1.81 bits per heavy atom. The van der Waals surface area contributed by atoms with Gasteiger partial charge in [0.15, 0.2) is 0 Å². The first kappa shape index (κ1) is 18.2. The number of amides is 2. The van der Waals surface area contributed by atoms with Gasteiger partial charge in [-0.1, -0.05) is 32.0 Å². The van der Waals surface area contributed by atoms with Gasteiger partial charge in [0.05, 0.1) is 0 Å². The van der Waals surface area contributed by atoms with Crippen LogP contribution in [0, 0.1) is 19.3 Å². The predicted octanol–water partition coefficient (Wildman–Crippen LogP) is 4.78. The number of rotatable bonds is 5. The lowest BCUT2D eigenvalue weighted by Crippen LogP contribution is -2.35. The highest BCUT2D eigenvalue weighted by molar-refractivity contribution is 6.16. The molecule has 3 rings (SSSR count). The van der Waals surface area contributed by atoms with Gasteiger partial charge in [-0.05, 0) is 73.6 Å². The number of aryl methyl sites for hydroxylation is 2. The Balaban J connectivity index is 1.69. The van der Waals surface area contributed by atoms with E-state index in [-0.39, 0.29) is 11.8 Å². The van der Waals surface area contributed by atoms with Gasteiger partial charge in [-0.3, -0.25) is 9.59 Å². The van der Waals surface area contributed by atoms with Crippen LogP contribution in [-0.2, 0) is 9.59 Å². The Labute approximate surface area is 155 Å². The first-order valence-corrected chi connectivity index (χ1v) is 9.11. The molecular weight excluding hydrogens is 324 g/mol. The van der Waals surface area contributed by atoms with Gasteiger partial charge in [0.2, 0.25) is 11.8 Å². The Morgan fingerprint density at radius 2 is 1.35 bits per heavy atom. The fourth-order valence-electron chi connectivity index (χ4n) is 3.18. The zero-order chi connectivity index (χ0) is 18.9. The predicted molar refractivity (Wildman–Crippen MR) is 105 cm³/mol. The van der Waals surface area contributed by atoms with Gasteiger partial charge >= 0.3 is 0 Å². The number of hydrogen-bond acceptors (Lipinski definition) is 2. The van der Waals surface area contributed by atoms with Crippen LogP contribution < -0.4 is 10.6 Å². The molecule has 0 heterocycles. The minimum atomic E-state index is -0.950. The molecule has 1 saturated carbocycles. The molecule has 0 saturated heterocycles. The minimum absolute atomic E-state index is 0.223. The standard InChI is InChI=1S/C22H26N2O2/c1-14(2)17-5-7-18(8-6-17)23-20(25)22(9-10-22)21(26)24-19-12-15(3)11-16(4)13-19/h5-8,11-14H,9-10H2,1-4H3,(H,23,25)(H,24,26). The van der Waals surface area contributed by atoms with Gasteiger partial charge in [-0.15, -0.1) is 0 Å². The van der Waals surface area contributed by atoms with Gasteiger partial charge in [0, 0.05) is 11.4 Å². The van der Waals surface area contributed by atoms with E-state index in [4.69, 9.17) is 0 Å². The van der Waals surface area contributed by atoms with Crippen LogP contribution in [0.4, 0.5) is 11.4 Å². The molecule has 2 aromatic carbocycles. The van der Waals surface area contributed by atoms with Crippen molar-refractivity contribution in [2.45, 2.75) is 46.5 Å². The number of nitrogens with one attached hydrogen (secondary N) is 2. The van der Waals surface area contributed by atoms with E-state index < -0.39 is 5.41 Å². The molecule has 4 nitrogen and oxygen atoms in total. The van der Waals surface area contributed by atoms with Crippen molar-refractivity contribution in [3.8, 4) is 0 Å².